The number of rotatable bonds is 3. The molecule has 1 saturated heterocycles. The van der Waals surface area contributed by atoms with Crippen molar-refractivity contribution in [3.05, 3.63) is 0 Å². The molecular weight excluding hydrogens is 154 g/mol. The average molecular weight is 167 g/mol. The number of nitrogens with one attached hydrogen (secondary N) is 1. The third-order valence-corrected chi connectivity index (χ3v) is 1.87. The van der Waals surface area contributed by atoms with Crippen LogP contribution in [0.4, 0.5) is 0 Å². The lowest BCUT2D eigenvalue weighted by Gasteiger charge is -2.01. The van der Waals surface area contributed by atoms with Crippen molar-refractivity contribution >= 4 is 5.97 Å². The first-order valence-corrected chi connectivity index (χ1v) is 4.15. The number of carboxylic acids is 1. The van der Waals surface area contributed by atoms with Gasteiger partial charge in [-0.15, -0.1) is 5.92 Å². The quantitative estimate of drug-likeness (QED) is 0.478. The van der Waals surface area contributed by atoms with Gasteiger partial charge in [0.1, 0.15) is 0 Å². The maximum Gasteiger partial charge on any atom is 0.303 e. The van der Waals surface area contributed by atoms with Crippen LogP contribution in [0.15, 0.2) is 0 Å². The lowest BCUT2D eigenvalue weighted by atomic mass is 10.0. The maximum absolute atomic E-state index is 10.3. The van der Waals surface area contributed by atoms with E-state index in [0.717, 1.165) is 13.0 Å². The van der Waals surface area contributed by atoms with E-state index >= 15 is 0 Å². The monoisotopic (exact) mass is 167 g/mol. The molecule has 0 radical (unpaired) electrons. The van der Waals surface area contributed by atoms with E-state index in [1.165, 1.54) is 0 Å². The van der Waals surface area contributed by atoms with Gasteiger partial charge in [0, 0.05) is 19.4 Å². The Balaban J connectivity index is 2.34. The molecule has 3 heteroatoms. The number of carboxylic acid groups (broad SMARTS) is 1. The van der Waals surface area contributed by atoms with Gasteiger partial charge in [-0.25, -0.2) is 0 Å². The summed E-state index contributed by atoms with van der Waals surface area (Å²) in [6.45, 7) is 2.83. The van der Waals surface area contributed by atoms with E-state index in [1.54, 1.807) is 0 Å². The van der Waals surface area contributed by atoms with Gasteiger partial charge < -0.3 is 5.11 Å². The van der Waals surface area contributed by atoms with Crippen LogP contribution in [0.5, 0.6) is 0 Å². The van der Waals surface area contributed by atoms with E-state index in [4.69, 9.17) is 5.11 Å². The standard InChI is InChI=1S/C9H13NO2/c1-2-3-5-9(7-10-9)6-4-8(11)12/h10H,2,4,6-7H2,1H3,(H,11,12). The lowest BCUT2D eigenvalue weighted by molar-refractivity contribution is -0.137. The summed E-state index contributed by atoms with van der Waals surface area (Å²) >= 11 is 0. The summed E-state index contributed by atoms with van der Waals surface area (Å²) in [6, 6.07) is 0. The molecule has 66 valence electrons. The molecule has 1 aliphatic heterocycles. The SMILES string of the molecule is CCC#CC1(CCC(=O)O)CN1. The Morgan fingerprint density at radius 3 is 2.83 bits per heavy atom. The molecule has 12 heavy (non-hydrogen) atoms. The third kappa shape index (κ3) is 2.55. The van der Waals surface area contributed by atoms with Gasteiger partial charge in [-0.05, 0) is 6.42 Å². The van der Waals surface area contributed by atoms with Gasteiger partial charge in [-0.2, -0.15) is 0 Å². The van der Waals surface area contributed by atoms with Gasteiger partial charge in [0.15, 0.2) is 0 Å². The number of aliphatic carboxylic acids is 1. The highest BCUT2D eigenvalue weighted by molar-refractivity contribution is 5.67. The minimum Gasteiger partial charge on any atom is -0.481 e. The molecule has 1 aliphatic rings. The van der Waals surface area contributed by atoms with Gasteiger partial charge >= 0.3 is 5.97 Å². The van der Waals surface area contributed by atoms with Crippen molar-refractivity contribution in [2.45, 2.75) is 31.7 Å². The van der Waals surface area contributed by atoms with E-state index < -0.39 is 5.97 Å². The van der Waals surface area contributed by atoms with Crippen molar-refractivity contribution in [2.24, 2.45) is 0 Å². The first-order chi connectivity index (χ1) is 5.68. The molecule has 1 unspecified atom stereocenters. The Labute approximate surface area is 72.2 Å². The van der Waals surface area contributed by atoms with Gasteiger partial charge in [0.25, 0.3) is 0 Å². The number of carbonyl (C=O) groups is 1. The maximum atomic E-state index is 10.3. The third-order valence-electron chi connectivity index (χ3n) is 1.87. The molecule has 1 atom stereocenters. The summed E-state index contributed by atoms with van der Waals surface area (Å²) in [4.78, 5) is 10.3. The molecule has 0 aliphatic carbocycles. The van der Waals surface area contributed by atoms with E-state index in [0.29, 0.717) is 6.42 Å². The van der Waals surface area contributed by atoms with E-state index in [9.17, 15) is 4.79 Å². The molecule has 1 rings (SSSR count). The Morgan fingerprint density at radius 2 is 2.42 bits per heavy atom. The normalized spacial score (nSPS) is 25.8. The van der Waals surface area contributed by atoms with Crippen LogP contribution >= 0.6 is 0 Å². The molecular formula is C9H13NO2. The van der Waals surface area contributed by atoms with Crippen molar-refractivity contribution in [3.8, 4) is 11.8 Å². The van der Waals surface area contributed by atoms with E-state index in [1.807, 2.05) is 6.92 Å². The van der Waals surface area contributed by atoms with Crippen LogP contribution in [0, 0.1) is 11.8 Å². The molecule has 0 aromatic heterocycles. The zero-order valence-corrected chi connectivity index (χ0v) is 7.18. The summed E-state index contributed by atoms with van der Waals surface area (Å²) in [5, 5.41) is 11.6. The fraction of sp³-hybridized carbons (Fsp3) is 0.667. The van der Waals surface area contributed by atoms with Crippen LogP contribution in [0.2, 0.25) is 0 Å². The molecule has 0 bridgehead atoms. The summed E-state index contributed by atoms with van der Waals surface area (Å²) in [6.07, 6.45) is 1.65. The van der Waals surface area contributed by atoms with Gasteiger partial charge in [0.05, 0.1) is 5.54 Å². The molecule has 0 aromatic carbocycles. The molecule has 0 aromatic rings. The summed E-state index contributed by atoms with van der Waals surface area (Å²) in [7, 11) is 0. The predicted molar refractivity (Wildman–Crippen MR) is 45.7 cm³/mol. The second-order valence-corrected chi connectivity index (χ2v) is 2.98. The average Bonchev–Trinajstić information content (AvgIpc) is 2.79. The fourth-order valence-electron chi connectivity index (χ4n) is 1.01. The Hall–Kier alpha value is -1.01. The Kier molecular flexibility index (Phi) is 2.72. The summed E-state index contributed by atoms with van der Waals surface area (Å²) in [5.74, 6) is 5.27. The zero-order valence-electron chi connectivity index (χ0n) is 7.18. The Bertz CT molecular complexity index is 233. The lowest BCUT2D eigenvalue weighted by Crippen LogP contribution is -2.14. The smallest absolute Gasteiger partial charge is 0.303 e. The van der Waals surface area contributed by atoms with Crippen molar-refractivity contribution in [2.75, 3.05) is 6.54 Å². The zero-order chi connectivity index (χ0) is 9.03. The fourth-order valence-corrected chi connectivity index (χ4v) is 1.01. The number of hydrogen-bond acceptors (Lipinski definition) is 2. The molecule has 0 amide bonds. The van der Waals surface area contributed by atoms with Gasteiger partial charge in [-0.1, -0.05) is 12.8 Å². The van der Waals surface area contributed by atoms with Crippen molar-refractivity contribution in [3.63, 3.8) is 0 Å². The highest BCUT2D eigenvalue weighted by atomic mass is 16.4. The molecule has 2 N–H and O–H groups in total. The van der Waals surface area contributed by atoms with Crippen molar-refractivity contribution in [1.82, 2.24) is 5.32 Å². The van der Waals surface area contributed by atoms with Crippen molar-refractivity contribution in [1.29, 1.82) is 0 Å². The van der Waals surface area contributed by atoms with Crippen LogP contribution in [0.1, 0.15) is 26.2 Å². The van der Waals surface area contributed by atoms with Crippen LogP contribution in [0.3, 0.4) is 0 Å². The molecule has 0 saturated carbocycles. The van der Waals surface area contributed by atoms with E-state index in [-0.39, 0.29) is 12.0 Å². The molecule has 0 spiro atoms. The number of hydrogen-bond donors (Lipinski definition) is 2. The molecule has 1 fully saturated rings. The van der Waals surface area contributed by atoms with Gasteiger partial charge in [-0.3, -0.25) is 10.1 Å². The van der Waals surface area contributed by atoms with E-state index in [2.05, 4.69) is 17.2 Å². The first-order valence-electron chi connectivity index (χ1n) is 4.15. The topological polar surface area (TPSA) is 59.2 Å². The van der Waals surface area contributed by atoms with Gasteiger partial charge in [0.2, 0.25) is 0 Å². The minimum atomic E-state index is -0.749. The highest BCUT2D eigenvalue weighted by Crippen LogP contribution is 2.22. The van der Waals surface area contributed by atoms with Crippen molar-refractivity contribution < 1.29 is 9.90 Å². The second kappa shape index (κ2) is 3.59. The van der Waals surface area contributed by atoms with Crippen LogP contribution in [0.25, 0.3) is 0 Å². The van der Waals surface area contributed by atoms with Crippen LogP contribution < -0.4 is 5.32 Å². The van der Waals surface area contributed by atoms with Crippen LogP contribution in [-0.2, 0) is 4.79 Å². The molecule has 3 nitrogen and oxygen atoms in total. The summed E-state index contributed by atoms with van der Waals surface area (Å²) < 4.78 is 0. The second-order valence-electron chi connectivity index (χ2n) is 2.98. The van der Waals surface area contributed by atoms with Crippen LogP contribution in [-0.4, -0.2) is 23.2 Å². The largest absolute Gasteiger partial charge is 0.481 e. The highest BCUT2D eigenvalue weighted by Gasteiger charge is 2.40. The summed E-state index contributed by atoms with van der Waals surface area (Å²) in [5.41, 5.74) is -0.158. The minimum absolute atomic E-state index is 0.158. The predicted octanol–water partition coefficient (Wildman–Crippen LogP) is 0.607. The molecule has 1 heterocycles. The first kappa shape index (κ1) is 9.08. The Morgan fingerprint density at radius 1 is 1.75 bits per heavy atom.